The molecule has 2 unspecified atom stereocenters. The molecule has 0 radical (unpaired) electrons. The molecule has 1 saturated heterocycles. The number of hydrogen-bond acceptors (Lipinski definition) is 8. The van der Waals surface area contributed by atoms with Crippen LogP contribution in [-0.4, -0.2) is 47.1 Å². The van der Waals surface area contributed by atoms with Crippen LogP contribution in [0.5, 0.6) is 0 Å². The fourth-order valence-electron chi connectivity index (χ4n) is 5.51. The van der Waals surface area contributed by atoms with E-state index in [1.54, 1.807) is 43.5 Å². The van der Waals surface area contributed by atoms with Crippen molar-refractivity contribution < 1.29 is 13.6 Å². The first-order chi connectivity index (χ1) is 21.3. The van der Waals surface area contributed by atoms with E-state index in [-0.39, 0.29) is 30.6 Å². The number of benzene rings is 1. The van der Waals surface area contributed by atoms with Gasteiger partial charge in [-0.1, -0.05) is 30.9 Å². The van der Waals surface area contributed by atoms with Crippen molar-refractivity contribution in [1.82, 2.24) is 14.8 Å². The van der Waals surface area contributed by atoms with Crippen molar-refractivity contribution in [3.05, 3.63) is 110 Å². The lowest BCUT2D eigenvalue weighted by molar-refractivity contribution is -0.127. The zero-order chi connectivity index (χ0) is 31.4. The molecule has 0 bridgehead atoms. The molecule has 2 aromatic rings. The Morgan fingerprint density at radius 3 is 2.59 bits per heavy atom. The molecule has 2 fully saturated rings. The van der Waals surface area contributed by atoms with Crippen molar-refractivity contribution in [2.45, 2.75) is 31.0 Å². The van der Waals surface area contributed by atoms with Gasteiger partial charge in [0.05, 0.1) is 23.4 Å². The van der Waals surface area contributed by atoms with E-state index in [2.05, 4.69) is 22.4 Å². The molecule has 9 nitrogen and oxygen atoms in total. The number of nitrogens with one attached hydrogen (secondary N) is 1. The molecule has 1 amide bonds. The highest BCUT2D eigenvalue weighted by atomic mass is 32.2. The number of anilines is 1. The maximum absolute atomic E-state index is 14.0. The molecule has 2 atom stereocenters. The second-order valence-electron chi connectivity index (χ2n) is 10.6. The molecule has 3 aliphatic rings. The number of nitrogens with zero attached hydrogens (tertiary/aromatic N) is 6. The molecule has 1 aromatic carbocycles. The lowest BCUT2D eigenvalue weighted by Gasteiger charge is -2.45. The molecule has 1 aromatic heterocycles. The van der Waals surface area contributed by atoms with Crippen LogP contribution in [0.3, 0.4) is 0 Å². The molecule has 1 saturated carbocycles. The number of piperazine rings is 1. The average molecular weight is 614 g/mol. The standard InChI is InChI=1S/C32H29F2N7O2S/c1-3-20(5-4-14-33)29(21-6-8-22(34)9-7-21)41-16-15-40(19-27(41)31(42)37-23-10-11-23)30-25(18-36)32(43)39(2)26-13-12-24(17-35)44-38-28(26)30/h3-9,12-14,23,27,29H,1,10-11,15-16,19H2,2H3,(H,37,42)/b14-4+,20-5+. The Bertz CT molecular complexity index is 1850. The smallest absolute Gasteiger partial charge is 0.270 e. The number of halogens is 2. The summed E-state index contributed by atoms with van der Waals surface area (Å²) in [6.45, 7) is 4.58. The number of fused-ring (bicyclic) bond motifs is 1. The number of nitriles is 2. The molecule has 3 heterocycles. The summed E-state index contributed by atoms with van der Waals surface area (Å²) in [5, 5.41) is 23.5. The molecular formula is C32H29F2N7O2S. The van der Waals surface area contributed by atoms with E-state index < -0.39 is 23.5 Å². The zero-order valence-corrected chi connectivity index (χ0v) is 24.7. The summed E-state index contributed by atoms with van der Waals surface area (Å²) in [7, 11) is 1.54. The van der Waals surface area contributed by atoms with Gasteiger partial charge in [0, 0.05) is 44.7 Å². The number of carbonyl (C=O) groups excluding carboxylic acids is 1. The van der Waals surface area contributed by atoms with Crippen LogP contribution in [0, 0.1) is 28.5 Å². The van der Waals surface area contributed by atoms with E-state index >= 15 is 0 Å². The normalized spacial score (nSPS) is 19.4. The fraction of sp³-hybridized carbons (Fsp3) is 0.281. The van der Waals surface area contributed by atoms with Crippen LogP contribution in [-0.2, 0) is 11.8 Å². The molecule has 0 spiro atoms. The molecule has 44 heavy (non-hydrogen) atoms. The van der Waals surface area contributed by atoms with Gasteiger partial charge in [-0.25, -0.2) is 13.2 Å². The minimum Gasteiger partial charge on any atom is -0.365 e. The Morgan fingerprint density at radius 2 is 1.95 bits per heavy atom. The highest BCUT2D eigenvalue weighted by molar-refractivity contribution is 8.02. The highest BCUT2D eigenvalue weighted by Crippen LogP contribution is 2.34. The first-order valence-corrected chi connectivity index (χ1v) is 14.7. The Balaban J connectivity index is 1.65. The van der Waals surface area contributed by atoms with Crippen LogP contribution in [0.4, 0.5) is 14.5 Å². The third-order valence-electron chi connectivity index (χ3n) is 7.83. The van der Waals surface area contributed by atoms with Crippen LogP contribution in [0.2, 0.25) is 0 Å². The minimum absolute atomic E-state index is 0.0549. The summed E-state index contributed by atoms with van der Waals surface area (Å²) in [5.41, 5.74) is 0.934. The number of allylic oxidation sites excluding steroid dienone is 4. The highest BCUT2D eigenvalue weighted by Gasteiger charge is 2.40. The minimum atomic E-state index is -0.793. The van der Waals surface area contributed by atoms with Gasteiger partial charge in [0.25, 0.3) is 5.56 Å². The largest absolute Gasteiger partial charge is 0.365 e. The monoisotopic (exact) mass is 613 g/mol. The maximum Gasteiger partial charge on any atom is 0.270 e. The van der Waals surface area contributed by atoms with Crippen LogP contribution in [0.15, 0.2) is 81.1 Å². The number of carbonyl (C=O) groups is 1. The first-order valence-electron chi connectivity index (χ1n) is 14.0. The predicted molar refractivity (Wildman–Crippen MR) is 164 cm³/mol. The molecule has 224 valence electrons. The lowest BCUT2D eigenvalue weighted by Crippen LogP contribution is -2.61. The Hall–Kier alpha value is -4.78. The van der Waals surface area contributed by atoms with Crippen molar-refractivity contribution in [3.8, 4) is 12.1 Å². The summed E-state index contributed by atoms with van der Waals surface area (Å²) in [5.74, 6) is -0.663. The maximum atomic E-state index is 14.0. The number of amides is 1. The van der Waals surface area contributed by atoms with Crippen LogP contribution in [0.25, 0.3) is 6.08 Å². The molecule has 5 rings (SSSR count). The zero-order valence-electron chi connectivity index (χ0n) is 23.9. The van der Waals surface area contributed by atoms with Crippen LogP contribution < -0.4 is 26.5 Å². The number of hydrogen-bond donors (Lipinski definition) is 1. The number of aromatic nitrogens is 1. The van der Waals surface area contributed by atoms with E-state index in [0.717, 1.165) is 24.8 Å². The number of pyridine rings is 1. The second-order valence-corrected chi connectivity index (χ2v) is 11.4. The summed E-state index contributed by atoms with van der Waals surface area (Å²) < 4.78 is 33.0. The van der Waals surface area contributed by atoms with Gasteiger partial charge in [-0.3, -0.25) is 14.5 Å². The van der Waals surface area contributed by atoms with E-state index in [4.69, 9.17) is 0 Å². The molecule has 2 aliphatic heterocycles. The molecule has 1 N–H and O–H groups in total. The van der Waals surface area contributed by atoms with E-state index in [0.29, 0.717) is 45.3 Å². The third-order valence-corrected chi connectivity index (χ3v) is 8.53. The van der Waals surface area contributed by atoms with Crippen molar-refractivity contribution >= 4 is 29.6 Å². The predicted octanol–water partition coefficient (Wildman–Crippen LogP) is 2.97. The fourth-order valence-corrected chi connectivity index (χ4v) is 6.05. The van der Waals surface area contributed by atoms with E-state index in [9.17, 15) is 28.9 Å². The van der Waals surface area contributed by atoms with E-state index in [1.165, 1.54) is 22.8 Å². The van der Waals surface area contributed by atoms with Crippen molar-refractivity contribution in [1.29, 1.82) is 10.5 Å². The summed E-state index contributed by atoms with van der Waals surface area (Å²) in [4.78, 5) is 31.3. The summed E-state index contributed by atoms with van der Waals surface area (Å²) >= 11 is 0.947. The van der Waals surface area contributed by atoms with E-state index in [1.807, 2.05) is 15.9 Å². The third kappa shape index (κ3) is 6.13. The van der Waals surface area contributed by atoms with Crippen LogP contribution >= 0.6 is 11.9 Å². The average Bonchev–Trinajstić information content (AvgIpc) is 3.88. The quantitative estimate of drug-likeness (QED) is 0.360. The lowest BCUT2D eigenvalue weighted by atomic mass is 9.93. The molecule has 12 heteroatoms. The number of rotatable bonds is 8. The Kier molecular flexibility index (Phi) is 9.23. The topological polar surface area (TPSA) is 118 Å². The van der Waals surface area contributed by atoms with Crippen molar-refractivity contribution in [3.63, 3.8) is 0 Å². The summed E-state index contributed by atoms with van der Waals surface area (Å²) in [6, 6.07) is 8.69. The Labute approximate surface area is 257 Å². The Morgan fingerprint density at radius 1 is 1.20 bits per heavy atom. The van der Waals surface area contributed by atoms with Crippen molar-refractivity contribution in [2.75, 3.05) is 24.5 Å². The van der Waals surface area contributed by atoms with Gasteiger partial charge >= 0.3 is 0 Å². The van der Waals surface area contributed by atoms with Gasteiger partial charge in [-0.05, 0) is 54.3 Å². The first kappa shape index (κ1) is 30.7. The summed E-state index contributed by atoms with van der Waals surface area (Å²) in [6.07, 6.45) is 9.70. The molecule has 1 aliphatic carbocycles. The van der Waals surface area contributed by atoms with Crippen molar-refractivity contribution in [2.24, 2.45) is 11.4 Å². The SMILES string of the molecule is C=C/C(=C\C=C\F)C(c1ccc(F)cc1)N1CCN(c2c(C#N)c(=O)n(C)c3c2=NSC(C#N)=CC=3)CC1C(=O)NC1CC1. The van der Waals surface area contributed by atoms with Gasteiger partial charge in [-0.2, -0.15) is 10.5 Å². The van der Waals surface area contributed by atoms with Gasteiger partial charge in [0.1, 0.15) is 39.8 Å². The van der Waals surface area contributed by atoms with Gasteiger partial charge in [0.15, 0.2) is 0 Å². The molecular weight excluding hydrogens is 584 g/mol. The second kappa shape index (κ2) is 13.2. The van der Waals surface area contributed by atoms with Gasteiger partial charge in [-0.15, -0.1) is 0 Å². The van der Waals surface area contributed by atoms with Crippen LogP contribution in [0.1, 0.15) is 30.0 Å². The van der Waals surface area contributed by atoms with Gasteiger partial charge in [0.2, 0.25) is 5.91 Å². The van der Waals surface area contributed by atoms with Gasteiger partial charge < -0.3 is 14.8 Å².